The van der Waals surface area contributed by atoms with Crippen molar-refractivity contribution in [2.45, 2.75) is 32.2 Å². The van der Waals surface area contributed by atoms with Crippen molar-refractivity contribution in [3.63, 3.8) is 0 Å². The van der Waals surface area contributed by atoms with Crippen LogP contribution in [0, 0.1) is 0 Å². The van der Waals surface area contributed by atoms with Crippen LogP contribution >= 0.6 is 11.6 Å². The van der Waals surface area contributed by atoms with E-state index in [1.807, 2.05) is 24.3 Å². The molecule has 0 saturated heterocycles. The highest BCUT2D eigenvalue weighted by atomic mass is 35.5. The van der Waals surface area contributed by atoms with Gasteiger partial charge in [-0.05, 0) is 44.0 Å². The Morgan fingerprint density at radius 3 is 2.88 bits per heavy atom. The van der Waals surface area contributed by atoms with Gasteiger partial charge in [-0.3, -0.25) is 4.79 Å². The average molecular weight is 256 g/mol. The van der Waals surface area contributed by atoms with Gasteiger partial charge in [0.1, 0.15) is 0 Å². The molecule has 17 heavy (non-hydrogen) atoms. The molecule has 1 aromatic rings. The van der Waals surface area contributed by atoms with Gasteiger partial charge in [0.25, 0.3) is 0 Å². The summed E-state index contributed by atoms with van der Waals surface area (Å²) in [5.41, 5.74) is 1.15. The number of halogens is 1. The van der Waals surface area contributed by atoms with Crippen LogP contribution in [0.2, 0.25) is 5.02 Å². The lowest BCUT2D eigenvalue weighted by molar-refractivity contribution is -0.137. The molecular weight excluding hydrogens is 238 g/mol. The van der Waals surface area contributed by atoms with Crippen LogP contribution in [0.25, 0.3) is 0 Å². The van der Waals surface area contributed by atoms with E-state index >= 15 is 0 Å². The zero-order chi connectivity index (χ0) is 12.7. The number of carboxylic acids is 1. The highest BCUT2D eigenvalue weighted by Crippen LogP contribution is 2.17. The summed E-state index contributed by atoms with van der Waals surface area (Å²) in [7, 11) is 0. The summed E-state index contributed by atoms with van der Waals surface area (Å²) >= 11 is 5.91. The van der Waals surface area contributed by atoms with Crippen molar-refractivity contribution < 1.29 is 9.90 Å². The van der Waals surface area contributed by atoms with Gasteiger partial charge in [-0.25, -0.2) is 0 Å². The Morgan fingerprint density at radius 2 is 2.24 bits per heavy atom. The van der Waals surface area contributed by atoms with Crippen molar-refractivity contribution in [1.82, 2.24) is 5.32 Å². The maximum Gasteiger partial charge on any atom is 0.303 e. The number of carbonyl (C=O) groups is 1. The van der Waals surface area contributed by atoms with Crippen molar-refractivity contribution in [2.75, 3.05) is 6.54 Å². The molecule has 0 aliphatic carbocycles. The van der Waals surface area contributed by atoms with Crippen molar-refractivity contribution in [2.24, 2.45) is 0 Å². The van der Waals surface area contributed by atoms with Crippen molar-refractivity contribution in [1.29, 1.82) is 0 Å². The highest BCUT2D eigenvalue weighted by Gasteiger charge is 2.04. The Labute approximate surface area is 107 Å². The van der Waals surface area contributed by atoms with Gasteiger partial charge < -0.3 is 10.4 Å². The van der Waals surface area contributed by atoms with Gasteiger partial charge in [0, 0.05) is 17.5 Å². The van der Waals surface area contributed by atoms with E-state index in [2.05, 4.69) is 12.2 Å². The molecule has 0 aliphatic heterocycles. The molecule has 0 saturated carbocycles. The second kappa shape index (κ2) is 7.30. The first-order valence-corrected chi connectivity index (χ1v) is 6.18. The molecule has 0 heterocycles. The fourth-order valence-electron chi connectivity index (χ4n) is 1.61. The molecular formula is C13H18ClNO2. The third-order valence-corrected chi connectivity index (χ3v) is 2.85. The van der Waals surface area contributed by atoms with Crippen LogP contribution in [0.15, 0.2) is 24.3 Å². The van der Waals surface area contributed by atoms with Gasteiger partial charge in [-0.15, -0.1) is 0 Å². The lowest BCUT2D eigenvalue weighted by atomic mass is 10.1. The summed E-state index contributed by atoms with van der Waals surface area (Å²) in [4.78, 5) is 10.3. The topological polar surface area (TPSA) is 49.3 Å². The van der Waals surface area contributed by atoms with Crippen molar-refractivity contribution >= 4 is 17.6 Å². The fourth-order valence-corrected chi connectivity index (χ4v) is 1.81. The van der Waals surface area contributed by atoms with E-state index in [9.17, 15) is 4.79 Å². The van der Waals surface area contributed by atoms with E-state index in [4.69, 9.17) is 16.7 Å². The molecule has 1 aromatic carbocycles. The summed E-state index contributed by atoms with van der Waals surface area (Å²) in [6.07, 6.45) is 1.83. The summed E-state index contributed by atoms with van der Waals surface area (Å²) < 4.78 is 0. The van der Waals surface area contributed by atoms with Crippen LogP contribution in [0.5, 0.6) is 0 Å². The monoisotopic (exact) mass is 255 g/mol. The van der Waals surface area contributed by atoms with E-state index in [1.54, 1.807) is 0 Å². The van der Waals surface area contributed by atoms with Gasteiger partial charge in [0.2, 0.25) is 0 Å². The highest BCUT2D eigenvalue weighted by molar-refractivity contribution is 6.30. The first-order chi connectivity index (χ1) is 8.09. The van der Waals surface area contributed by atoms with E-state index in [1.165, 1.54) is 0 Å². The molecule has 0 amide bonds. The zero-order valence-corrected chi connectivity index (χ0v) is 10.7. The van der Waals surface area contributed by atoms with Gasteiger partial charge in [-0.2, -0.15) is 0 Å². The maximum atomic E-state index is 10.3. The third-order valence-electron chi connectivity index (χ3n) is 2.62. The third kappa shape index (κ3) is 5.71. The molecule has 1 rings (SSSR count). The van der Waals surface area contributed by atoms with Crippen LogP contribution in [-0.4, -0.2) is 17.6 Å². The number of hydrogen-bond acceptors (Lipinski definition) is 2. The largest absolute Gasteiger partial charge is 0.481 e. The minimum Gasteiger partial charge on any atom is -0.481 e. The lowest BCUT2D eigenvalue weighted by Gasteiger charge is -2.14. The number of nitrogens with one attached hydrogen (secondary N) is 1. The molecule has 1 atom stereocenters. The summed E-state index contributed by atoms with van der Waals surface area (Å²) in [5, 5.41) is 12.6. The average Bonchev–Trinajstić information content (AvgIpc) is 2.28. The minimum atomic E-state index is -0.729. The molecule has 0 spiro atoms. The van der Waals surface area contributed by atoms with Crippen molar-refractivity contribution in [3.05, 3.63) is 34.9 Å². The lowest BCUT2D eigenvalue weighted by Crippen LogP contribution is -2.19. The number of hydrogen-bond donors (Lipinski definition) is 2. The number of benzene rings is 1. The molecule has 0 aromatic heterocycles. The number of aliphatic carboxylic acids is 1. The maximum absolute atomic E-state index is 10.3. The van der Waals surface area contributed by atoms with E-state index in [-0.39, 0.29) is 12.5 Å². The van der Waals surface area contributed by atoms with Crippen LogP contribution in [-0.2, 0) is 4.79 Å². The van der Waals surface area contributed by atoms with Crippen LogP contribution in [0.4, 0.5) is 0 Å². The molecule has 0 radical (unpaired) electrons. The van der Waals surface area contributed by atoms with Crippen LogP contribution in [0.1, 0.15) is 37.8 Å². The Morgan fingerprint density at radius 1 is 1.47 bits per heavy atom. The standard InChI is InChI=1S/C13H18ClNO2/c1-10(11-5-4-6-12(14)9-11)15-8-3-2-7-13(16)17/h4-6,9-10,15H,2-3,7-8H2,1H3,(H,16,17). The molecule has 0 fully saturated rings. The molecule has 4 heteroatoms. The van der Waals surface area contributed by atoms with Crippen LogP contribution < -0.4 is 5.32 Å². The van der Waals surface area contributed by atoms with Crippen molar-refractivity contribution in [3.8, 4) is 0 Å². The van der Waals surface area contributed by atoms with E-state index in [0.717, 1.165) is 23.6 Å². The summed E-state index contributed by atoms with van der Waals surface area (Å²) in [6.45, 7) is 2.89. The smallest absolute Gasteiger partial charge is 0.303 e. The number of unbranched alkanes of at least 4 members (excludes halogenated alkanes) is 1. The first kappa shape index (κ1) is 14.0. The Bertz CT molecular complexity index is 368. The zero-order valence-electron chi connectivity index (χ0n) is 9.95. The molecule has 94 valence electrons. The fraction of sp³-hybridized carbons (Fsp3) is 0.462. The Kier molecular flexibility index (Phi) is 6.01. The Hall–Kier alpha value is -1.06. The molecule has 0 bridgehead atoms. The van der Waals surface area contributed by atoms with Gasteiger partial charge in [0.15, 0.2) is 0 Å². The quantitative estimate of drug-likeness (QED) is 0.736. The summed E-state index contributed by atoms with van der Waals surface area (Å²) in [6, 6.07) is 7.99. The Balaban J connectivity index is 2.25. The van der Waals surface area contributed by atoms with Gasteiger partial charge >= 0.3 is 5.97 Å². The predicted octanol–water partition coefficient (Wildman–Crippen LogP) is 3.25. The van der Waals surface area contributed by atoms with Gasteiger partial charge in [-0.1, -0.05) is 23.7 Å². The van der Waals surface area contributed by atoms with E-state index < -0.39 is 5.97 Å². The molecule has 0 aliphatic rings. The van der Waals surface area contributed by atoms with Gasteiger partial charge in [0.05, 0.1) is 0 Å². The number of rotatable bonds is 7. The summed E-state index contributed by atoms with van der Waals surface area (Å²) in [5.74, 6) is -0.729. The molecule has 2 N–H and O–H groups in total. The predicted molar refractivity (Wildman–Crippen MR) is 69.4 cm³/mol. The second-order valence-electron chi connectivity index (χ2n) is 4.08. The van der Waals surface area contributed by atoms with E-state index in [0.29, 0.717) is 6.42 Å². The molecule has 1 unspecified atom stereocenters. The second-order valence-corrected chi connectivity index (χ2v) is 4.52. The molecule has 3 nitrogen and oxygen atoms in total. The first-order valence-electron chi connectivity index (χ1n) is 5.80. The number of carboxylic acid groups (broad SMARTS) is 1. The SMILES string of the molecule is CC(NCCCCC(=O)O)c1cccc(Cl)c1. The minimum absolute atomic E-state index is 0.235. The van der Waals surface area contributed by atoms with Crippen LogP contribution in [0.3, 0.4) is 0 Å². The normalized spacial score (nSPS) is 12.4.